The third-order valence-electron chi connectivity index (χ3n) is 3.20. The third-order valence-corrected chi connectivity index (χ3v) is 3.20. The third kappa shape index (κ3) is 13.4. The fraction of sp³-hybridized carbons (Fsp3) is 0.765. The monoisotopic (exact) mass is 236 g/mol. The molecule has 0 radical (unpaired) electrons. The van der Waals surface area contributed by atoms with Crippen molar-refractivity contribution in [1.29, 1.82) is 0 Å². The van der Waals surface area contributed by atoms with Gasteiger partial charge in [-0.2, -0.15) is 0 Å². The van der Waals surface area contributed by atoms with E-state index in [0.717, 1.165) is 5.92 Å². The maximum Gasteiger partial charge on any atom is -0.0322 e. The average molecular weight is 236 g/mol. The molecule has 0 saturated heterocycles. The molecule has 17 heavy (non-hydrogen) atoms. The van der Waals surface area contributed by atoms with Crippen LogP contribution < -0.4 is 0 Å². The van der Waals surface area contributed by atoms with Gasteiger partial charge in [0, 0.05) is 0 Å². The molecule has 0 aromatic carbocycles. The van der Waals surface area contributed by atoms with E-state index < -0.39 is 0 Å². The number of hydrogen-bond acceptors (Lipinski definition) is 0. The van der Waals surface area contributed by atoms with Gasteiger partial charge in [0.05, 0.1) is 0 Å². The first-order valence-electron chi connectivity index (χ1n) is 7.57. The second-order valence-electron chi connectivity index (χ2n) is 5.17. The number of allylic oxidation sites excluding steroid dienone is 4. The van der Waals surface area contributed by atoms with Gasteiger partial charge in [0.1, 0.15) is 0 Å². The van der Waals surface area contributed by atoms with Crippen molar-refractivity contribution in [3.63, 3.8) is 0 Å². The molecule has 100 valence electrons. The van der Waals surface area contributed by atoms with Crippen LogP contribution in [0.4, 0.5) is 0 Å². The lowest BCUT2D eigenvalue weighted by atomic mass is 10.0. The molecule has 0 aliphatic carbocycles. The van der Waals surface area contributed by atoms with Crippen molar-refractivity contribution in [2.75, 3.05) is 0 Å². The Morgan fingerprint density at radius 3 is 2.18 bits per heavy atom. The van der Waals surface area contributed by atoms with Crippen molar-refractivity contribution in [3.05, 3.63) is 24.3 Å². The van der Waals surface area contributed by atoms with Crippen LogP contribution in [0.5, 0.6) is 0 Å². The van der Waals surface area contributed by atoms with E-state index in [1.54, 1.807) is 0 Å². The van der Waals surface area contributed by atoms with Gasteiger partial charge in [-0.1, -0.05) is 70.3 Å². The van der Waals surface area contributed by atoms with Crippen LogP contribution in [0.15, 0.2) is 24.3 Å². The predicted octanol–water partition coefficient (Wildman–Crippen LogP) is 6.29. The number of unbranched alkanes of at least 4 members (excludes halogenated alkanes) is 6. The smallest absolute Gasteiger partial charge is 0.0322 e. The lowest BCUT2D eigenvalue weighted by Gasteiger charge is -2.03. The largest absolute Gasteiger partial charge is 0.0917 e. The topological polar surface area (TPSA) is 0 Å². The Balaban J connectivity index is 3.24. The molecular formula is C17H32. The summed E-state index contributed by atoms with van der Waals surface area (Å²) in [6.45, 7) is 6.70. The highest BCUT2D eigenvalue weighted by atomic mass is 14.0. The Kier molecular flexibility index (Phi) is 13.1. The molecule has 0 aromatic rings. The summed E-state index contributed by atoms with van der Waals surface area (Å²) < 4.78 is 0. The van der Waals surface area contributed by atoms with Crippen molar-refractivity contribution in [1.82, 2.24) is 0 Å². The van der Waals surface area contributed by atoms with Crippen LogP contribution in [0.1, 0.15) is 78.6 Å². The minimum Gasteiger partial charge on any atom is -0.0917 e. The molecule has 0 saturated carbocycles. The molecule has 0 fully saturated rings. The van der Waals surface area contributed by atoms with Crippen LogP contribution >= 0.6 is 0 Å². The fourth-order valence-electron chi connectivity index (χ4n) is 1.95. The molecule has 0 N–H and O–H groups in total. The van der Waals surface area contributed by atoms with Crippen molar-refractivity contribution < 1.29 is 0 Å². The molecule has 0 aliphatic rings. The quantitative estimate of drug-likeness (QED) is 0.292. The summed E-state index contributed by atoms with van der Waals surface area (Å²) in [6, 6.07) is 0. The van der Waals surface area contributed by atoms with Crippen molar-refractivity contribution in [2.24, 2.45) is 5.92 Å². The molecule has 0 spiro atoms. The molecule has 0 rings (SSSR count). The summed E-state index contributed by atoms with van der Waals surface area (Å²) >= 11 is 0. The highest BCUT2D eigenvalue weighted by Gasteiger charge is 1.95. The minimum atomic E-state index is 0.798. The lowest BCUT2D eigenvalue weighted by Crippen LogP contribution is -1.89. The zero-order chi connectivity index (χ0) is 12.8. The van der Waals surface area contributed by atoms with Gasteiger partial charge < -0.3 is 0 Å². The van der Waals surface area contributed by atoms with Crippen LogP contribution in [0, 0.1) is 5.92 Å². The predicted molar refractivity (Wildman–Crippen MR) is 80.3 cm³/mol. The van der Waals surface area contributed by atoms with Gasteiger partial charge in [-0.3, -0.25) is 0 Å². The van der Waals surface area contributed by atoms with Crippen LogP contribution in [-0.2, 0) is 0 Å². The van der Waals surface area contributed by atoms with Gasteiger partial charge in [-0.15, -0.1) is 0 Å². The molecule has 0 aliphatic heterocycles. The van der Waals surface area contributed by atoms with E-state index >= 15 is 0 Å². The van der Waals surface area contributed by atoms with E-state index in [9.17, 15) is 0 Å². The molecule has 0 bridgehead atoms. The first-order valence-corrected chi connectivity index (χ1v) is 7.57. The molecule has 1 unspecified atom stereocenters. The first kappa shape index (κ1) is 16.5. The Hall–Kier alpha value is -0.520. The van der Waals surface area contributed by atoms with Crippen LogP contribution in [0.3, 0.4) is 0 Å². The fourth-order valence-corrected chi connectivity index (χ4v) is 1.95. The average Bonchev–Trinajstić information content (AvgIpc) is 2.34. The van der Waals surface area contributed by atoms with Gasteiger partial charge in [0.2, 0.25) is 0 Å². The summed E-state index contributed by atoms with van der Waals surface area (Å²) in [5.74, 6) is 0.798. The molecule has 0 nitrogen and oxygen atoms in total. The van der Waals surface area contributed by atoms with Gasteiger partial charge >= 0.3 is 0 Å². The maximum atomic E-state index is 2.38. The second kappa shape index (κ2) is 13.5. The van der Waals surface area contributed by atoms with E-state index in [1.807, 2.05) is 0 Å². The molecule has 1 atom stereocenters. The number of rotatable bonds is 11. The normalized spacial score (nSPS) is 13.8. The highest BCUT2D eigenvalue weighted by molar-refractivity contribution is 4.86. The van der Waals surface area contributed by atoms with E-state index in [2.05, 4.69) is 45.1 Å². The van der Waals surface area contributed by atoms with Gasteiger partial charge in [0.15, 0.2) is 0 Å². The molecule has 0 heteroatoms. The summed E-state index contributed by atoms with van der Waals surface area (Å²) in [6.07, 6.45) is 21.3. The van der Waals surface area contributed by atoms with Gasteiger partial charge in [0.25, 0.3) is 0 Å². The van der Waals surface area contributed by atoms with E-state index in [0.29, 0.717) is 0 Å². The summed E-state index contributed by atoms with van der Waals surface area (Å²) in [7, 11) is 0. The van der Waals surface area contributed by atoms with E-state index in [1.165, 1.54) is 57.8 Å². The summed E-state index contributed by atoms with van der Waals surface area (Å²) in [4.78, 5) is 0. The Labute approximate surface area is 109 Å². The SMILES string of the molecule is CC=CCC(C)CC=CCCCCCCCC. The van der Waals surface area contributed by atoms with Crippen LogP contribution in [0.2, 0.25) is 0 Å². The zero-order valence-electron chi connectivity index (χ0n) is 12.3. The molecular weight excluding hydrogens is 204 g/mol. The van der Waals surface area contributed by atoms with E-state index in [-0.39, 0.29) is 0 Å². The Morgan fingerprint density at radius 1 is 0.824 bits per heavy atom. The Morgan fingerprint density at radius 2 is 1.47 bits per heavy atom. The second-order valence-corrected chi connectivity index (χ2v) is 5.17. The van der Waals surface area contributed by atoms with Gasteiger partial charge in [-0.25, -0.2) is 0 Å². The Bertz CT molecular complexity index is 188. The van der Waals surface area contributed by atoms with Crippen molar-refractivity contribution >= 4 is 0 Å². The van der Waals surface area contributed by atoms with Crippen LogP contribution in [-0.4, -0.2) is 0 Å². The van der Waals surface area contributed by atoms with Crippen molar-refractivity contribution in [2.45, 2.75) is 78.6 Å². The lowest BCUT2D eigenvalue weighted by molar-refractivity contribution is 0.597. The molecule has 0 aromatic heterocycles. The molecule has 0 heterocycles. The zero-order valence-corrected chi connectivity index (χ0v) is 12.3. The summed E-state index contributed by atoms with van der Waals surface area (Å²) in [5, 5.41) is 0. The standard InChI is InChI=1S/C17H32/c1-4-6-8-9-10-11-12-13-14-16-17(3)15-7-5-2/h5,7,13-14,17H,4,6,8-12,15-16H2,1-3H3. The van der Waals surface area contributed by atoms with E-state index in [4.69, 9.17) is 0 Å². The van der Waals surface area contributed by atoms with Crippen LogP contribution in [0.25, 0.3) is 0 Å². The van der Waals surface area contributed by atoms with Crippen molar-refractivity contribution in [3.8, 4) is 0 Å². The first-order chi connectivity index (χ1) is 8.31. The highest BCUT2D eigenvalue weighted by Crippen LogP contribution is 2.11. The maximum absolute atomic E-state index is 2.38. The number of hydrogen-bond donors (Lipinski definition) is 0. The molecule has 0 amide bonds. The minimum absolute atomic E-state index is 0.798. The van der Waals surface area contributed by atoms with Gasteiger partial charge in [-0.05, 0) is 38.5 Å². The summed E-state index contributed by atoms with van der Waals surface area (Å²) in [5.41, 5.74) is 0.